The summed E-state index contributed by atoms with van der Waals surface area (Å²) in [6.07, 6.45) is 1.63. The maximum Gasteiger partial charge on any atom is 0.267 e. The van der Waals surface area contributed by atoms with Gasteiger partial charge in [0.25, 0.3) is 10.0 Å². The molecule has 2 aromatic heterocycles. The van der Waals surface area contributed by atoms with Gasteiger partial charge in [-0.15, -0.1) is 11.3 Å². The van der Waals surface area contributed by atoms with Crippen LogP contribution in [0.3, 0.4) is 0 Å². The second-order valence-corrected chi connectivity index (χ2v) is 13.8. The van der Waals surface area contributed by atoms with E-state index in [-0.39, 0.29) is 11.6 Å². The van der Waals surface area contributed by atoms with Crippen molar-refractivity contribution < 1.29 is 21.9 Å². The predicted octanol–water partition coefficient (Wildman–Crippen LogP) is 7.42. The van der Waals surface area contributed by atoms with Crippen LogP contribution >= 0.6 is 11.3 Å². The minimum atomic E-state index is -4.56. The molecule has 0 aliphatic rings. The lowest BCUT2D eigenvalue weighted by molar-refractivity contribution is 0.394. The van der Waals surface area contributed by atoms with Gasteiger partial charge in [0.2, 0.25) is 5.95 Å². The summed E-state index contributed by atoms with van der Waals surface area (Å²) in [7, 11) is -2.97. The zero-order valence-electron chi connectivity index (χ0n) is 25.2. The first-order chi connectivity index (χ1) is 21.3. The van der Waals surface area contributed by atoms with Gasteiger partial charge in [-0.3, -0.25) is 4.72 Å². The van der Waals surface area contributed by atoms with E-state index in [0.717, 1.165) is 39.3 Å². The third-order valence-corrected chi connectivity index (χ3v) is 9.56. The topological polar surface area (TPSA) is 132 Å². The molecule has 2 heterocycles. The summed E-state index contributed by atoms with van der Waals surface area (Å²) in [4.78, 5) is 13.7. The summed E-state index contributed by atoms with van der Waals surface area (Å²) in [5, 5.41) is 4.08. The number of thiazole rings is 1. The van der Waals surface area contributed by atoms with Gasteiger partial charge >= 0.3 is 0 Å². The minimum Gasteiger partial charge on any atom is -0.496 e. The van der Waals surface area contributed by atoms with Crippen molar-refractivity contribution in [3.05, 3.63) is 95.1 Å². The molecule has 0 saturated carbocycles. The molecule has 9 nitrogen and oxygen atoms in total. The van der Waals surface area contributed by atoms with E-state index in [1.807, 2.05) is 45.9 Å². The van der Waals surface area contributed by atoms with Gasteiger partial charge in [-0.1, -0.05) is 32.0 Å². The van der Waals surface area contributed by atoms with Crippen LogP contribution in [-0.2, 0) is 15.6 Å². The average molecular weight is 651 g/mol. The largest absolute Gasteiger partial charge is 0.496 e. The smallest absolute Gasteiger partial charge is 0.267 e. The molecule has 45 heavy (non-hydrogen) atoms. The second kappa shape index (κ2) is 12.5. The van der Waals surface area contributed by atoms with E-state index in [9.17, 15) is 17.2 Å². The Labute approximate surface area is 264 Å². The summed E-state index contributed by atoms with van der Waals surface area (Å²) in [5.41, 5.74) is 9.12. The molecular weight excluding hydrogens is 619 g/mol. The van der Waals surface area contributed by atoms with E-state index in [1.165, 1.54) is 17.4 Å². The van der Waals surface area contributed by atoms with Crippen LogP contribution in [-0.4, -0.2) is 30.5 Å². The summed E-state index contributed by atoms with van der Waals surface area (Å²) < 4.78 is 62.2. The molecule has 0 fully saturated rings. The van der Waals surface area contributed by atoms with Crippen LogP contribution in [0.2, 0.25) is 0 Å². The van der Waals surface area contributed by atoms with Crippen molar-refractivity contribution in [2.45, 2.75) is 44.0 Å². The fourth-order valence-corrected chi connectivity index (χ4v) is 6.84. The fraction of sp³-hybridized carbons (Fsp3) is 0.219. The Balaban J connectivity index is 1.51. The lowest BCUT2D eigenvalue weighted by Gasteiger charge is -2.23. The third-order valence-electron chi connectivity index (χ3n) is 6.75. The Morgan fingerprint density at radius 2 is 1.67 bits per heavy atom. The van der Waals surface area contributed by atoms with Gasteiger partial charge in [0.15, 0.2) is 4.90 Å². The third kappa shape index (κ3) is 6.95. The first kappa shape index (κ1) is 31.9. The number of sulfonamides is 1. The van der Waals surface area contributed by atoms with Crippen molar-refractivity contribution in [3.8, 4) is 27.6 Å². The standard InChI is InChI=1S/C32H32F2N6O3S2/c1-18(2)30-39-27(19-8-6-9-21(16-19)40-45(41,42)29-23(33)10-7-11-24(29)34)28(44-30)25-14-15-36-31(38-25)37-20-12-13-26(43-5)22(17-20)32(3,4)35/h6-18,40H,35H2,1-5H3,(H,36,37,38). The highest BCUT2D eigenvalue weighted by molar-refractivity contribution is 7.92. The summed E-state index contributed by atoms with van der Waals surface area (Å²) in [5.74, 6) is -1.26. The highest BCUT2D eigenvalue weighted by atomic mass is 32.2. The number of nitrogens with zero attached hydrogens (tertiary/aromatic N) is 3. The highest BCUT2D eigenvalue weighted by Gasteiger charge is 2.25. The zero-order chi connectivity index (χ0) is 32.5. The lowest BCUT2D eigenvalue weighted by atomic mass is 9.94. The number of aromatic nitrogens is 3. The molecule has 5 aromatic rings. The molecule has 3 aromatic carbocycles. The zero-order valence-corrected chi connectivity index (χ0v) is 26.9. The van der Waals surface area contributed by atoms with Crippen LogP contribution < -0.4 is 20.5 Å². The molecule has 5 rings (SSSR count). The van der Waals surface area contributed by atoms with Crippen LogP contribution in [0.4, 0.5) is 26.1 Å². The average Bonchev–Trinajstić information content (AvgIpc) is 3.43. The molecule has 0 unspecified atom stereocenters. The predicted molar refractivity (Wildman–Crippen MR) is 173 cm³/mol. The summed E-state index contributed by atoms with van der Waals surface area (Å²) >= 11 is 1.46. The number of hydrogen-bond acceptors (Lipinski definition) is 9. The molecule has 0 radical (unpaired) electrons. The van der Waals surface area contributed by atoms with Crippen molar-refractivity contribution in [1.82, 2.24) is 15.0 Å². The highest BCUT2D eigenvalue weighted by Crippen LogP contribution is 2.40. The first-order valence-electron chi connectivity index (χ1n) is 13.9. The van der Waals surface area contributed by atoms with Gasteiger partial charge in [0.1, 0.15) is 17.4 Å². The number of methoxy groups -OCH3 is 1. The molecule has 0 atom stereocenters. The number of rotatable bonds is 10. The van der Waals surface area contributed by atoms with Crippen LogP contribution in [0.5, 0.6) is 5.75 Å². The van der Waals surface area contributed by atoms with Crippen molar-refractivity contribution in [3.63, 3.8) is 0 Å². The SMILES string of the molecule is COc1ccc(Nc2nccc(-c3sc(C(C)C)nc3-c3cccc(NS(=O)(=O)c4c(F)cccc4F)c3)n2)cc1C(C)(C)N. The summed E-state index contributed by atoms with van der Waals surface area (Å²) in [6.45, 7) is 7.82. The normalized spacial score (nSPS) is 11.9. The van der Waals surface area contributed by atoms with E-state index in [1.54, 1.807) is 37.6 Å². The molecule has 4 N–H and O–H groups in total. The Morgan fingerprint density at radius 3 is 2.33 bits per heavy atom. The molecule has 0 bridgehead atoms. The molecular formula is C32H32F2N6O3S2. The van der Waals surface area contributed by atoms with Gasteiger partial charge in [0.05, 0.1) is 28.4 Å². The van der Waals surface area contributed by atoms with Gasteiger partial charge in [-0.2, -0.15) is 0 Å². The monoisotopic (exact) mass is 650 g/mol. The number of ether oxygens (including phenoxy) is 1. The first-order valence-corrected chi connectivity index (χ1v) is 16.2. The van der Waals surface area contributed by atoms with Gasteiger partial charge < -0.3 is 15.8 Å². The number of nitrogens with two attached hydrogens (primary N) is 1. The molecule has 0 amide bonds. The van der Waals surface area contributed by atoms with Crippen LogP contribution in [0.25, 0.3) is 21.8 Å². The van der Waals surface area contributed by atoms with E-state index < -0.39 is 32.1 Å². The molecule has 0 aliphatic carbocycles. The van der Waals surface area contributed by atoms with E-state index >= 15 is 0 Å². The van der Waals surface area contributed by atoms with Crippen molar-refractivity contribution >= 4 is 38.7 Å². The number of nitrogens with one attached hydrogen (secondary N) is 2. The Bertz CT molecular complexity index is 1950. The number of benzene rings is 3. The van der Waals surface area contributed by atoms with E-state index in [0.29, 0.717) is 28.6 Å². The fourth-order valence-electron chi connectivity index (χ4n) is 4.59. The lowest BCUT2D eigenvalue weighted by Crippen LogP contribution is -2.29. The quantitative estimate of drug-likeness (QED) is 0.142. The maximum absolute atomic E-state index is 14.3. The molecule has 0 aliphatic heterocycles. The Hall–Kier alpha value is -4.46. The van der Waals surface area contributed by atoms with Crippen LogP contribution in [0, 0.1) is 11.6 Å². The number of hydrogen-bond donors (Lipinski definition) is 3. The van der Waals surface area contributed by atoms with Crippen molar-refractivity contribution in [2.75, 3.05) is 17.1 Å². The van der Waals surface area contributed by atoms with Crippen molar-refractivity contribution in [2.24, 2.45) is 5.73 Å². The molecule has 13 heteroatoms. The molecule has 0 spiro atoms. The van der Waals surface area contributed by atoms with E-state index in [4.69, 9.17) is 20.4 Å². The van der Waals surface area contributed by atoms with Gasteiger partial charge in [-0.25, -0.2) is 32.2 Å². The van der Waals surface area contributed by atoms with Crippen LogP contribution in [0.1, 0.15) is 44.2 Å². The molecule has 234 valence electrons. The Kier molecular flexibility index (Phi) is 8.88. The minimum absolute atomic E-state index is 0.102. The van der Waals surface area contributed by atoms with Gasteiger partial charge in [0, 0.05) is 40.2 Å². The Morgan fingerprint density at radius 1 is 0.956 bits per heavy atom. The number of halogens is 2. The van der Waals surface area contributed by atoms with Crippen molar-refractivity contribution in [1.29, 1.82) is 0 Å². The maximum atomic E-state index is 14.3. The molecule has 0 saturated heterocycles. The second-order valence-electron chi connectivity index (χ2n) is 11.1. The van der Waals surface area contributed by atoms with E-state index in [2.05, 4.69) is 15.0 Å². The van der Waals surface area contributed by atoms with Crippen LogP contribution in [0.15, 0.2) is 77.8 Å². The summed E-state index contributed by atoms with van der Waals surface area (Å²) in [6, 6.07) is 16.7. The number of anilines is 3. The van der Waals surface area contributed by atoms with Gasteiger partial charge in [-0.05, 0) is 62.4 Å².